The van der Waals surface area contributed by atoms with E-state index in [9.17, 15) is 26.4 Å². The highest BCUT2D eigenvalue weighted by Crippen LogP contribution is 2.43. The van der Waals surface area contributed by atoms with E-state index in [0.29, 0.717) is 24.3 Å². The third-order valence-corrected chi connectivity index (χ3v) is 11.1. The molecular weight excluding hydrogens is 655 g/mol. The number of nitrogens with one attached hydrogen (secondary N) is 2. The Kier molecular flexibility index (Phi) is 9.27. The summed E-state index contributed by atoms with van der Waals surface area (Å²) in [5.74, 6) is 0.362. The van der Waals surface area contributed by atoms with Gasteiger partial charge in [-0.1, -0.05) is 50.6 Å². The van der Waals surface area contributed by atoms with Gasteiger partial charge in [-0.2, -0.15) is 9.40 Å². The number of hydrogen-bond acceptors (Lipinski definition) is 5. The summed E-state index contributed by atoms with van der Waals surface area (Å²) in [7, 11) is -3.88. The number of benzene rings is 3. The van der Waals surface area contributed by atoms with Gasteiger partial charge in [0, 0.05) is 29.3 Å². The highest BCUT2D eigenvalue weighted by molar-refractivity contribution is 7.89. The Balaban J connectivity index is 1.06. The molecule has 0 aliphatic carbocycles. The number of sulfonamides is 1. The third-order valence-electron chi connectivity index (χ3n) is 9.13. The van der Waals surface area contributed by atoms with Gasteiger partial charge in [-0.05, 0) is 99.0 Å². The molecule has 0 saturated carbocycles. The molecule has 0 spiro atoms. The van der Waals surface area contributed by atoms with Gasteiger partial charge < -0.3 is 10.1 Å². The number of carbonyl (C=O) groups excluding carboxylic acids is 1. The molecule has 1 aromatic heterocycles. The Hall–Kier alpha value is -4.36. The highest BCUT2D eigenvalue weighted by atomic mass is 32.2. The Labute approximate surface area is 284 Å². The van der Waals surface area contributed by atoms with Crippen LogP contribution >= 0.6 is 0 Å². The lowest BCUT2D eigenvalue weighted by Gasteiger charge is -2.38. The van der Waals surface area contributed by atoms with Gasteiger partial charge in [0.2, 0.25) is 10.0 Å². The molecule has 2 unspecified atom stereocenters. The fourth-order valence-corrected chi connectivity index (χ4v) is 8.69. The van der Waals surface area contributed by atoms with E-state index in [4.69, 9.17) is 5.10 Å². The molecule has 2 aliphatic rings. The molecule has 3 aromatic carbocycles. The number of rotatable bonds is 8. The van der Waals surface area contributed by atoms with Crippen molar-refractivity contribution in [2.24, 2.45) is 5.92 Å². The first-order valence-electron chi connectivity index (χ1n) is 16.3. The maximum atomic E-state index is 13.5. The molecule has 2 N–H and O–H groups in total. The number of amides is 2. The van der Waals surface area contributed by atoms with Crippen molar-refractivity contribution < 1.29 is 31.1 Å². The summed E-state index contributed by atoms with van der Waals surface area (Å²) in [6.07, 6.45) is -1.21. The first-order chi connectivity index (χ1) is 23.0. The minimum atomic E-state index is -4.85. The minimum absolute atomic E-state index is 0.0428. The maximum absolute atomic E-state index is 13.5. The van der Waals surface area contributed by atoms with Crippen molar-refractivity contribution in [2.45, 2.75) is 88.6 Å². The van der Waals surface area contributed by atoms with Crippen LogP contribution in [0.1, 0.15) is 63.3 Å². The van der Waals surface area contributed by atoms with Gasteiger partial charge in [-0.15, -0.1) is 13.2 Å². The third kappa shape index (κ3) is 7.94. The van der Waals surface area contributed by atoms with Crippen LogP contribution in [0, 0.1) is 12.8 Å². The summed E-state index contributed by atoms with van der Waals surface area (Å²) >= 11 is 0. The molecule has 2 saturated heterocycles. The fourth-order valence-electron chi connectivity index (χ4n) is 6.80. The number of anilines is 2. The van der Waals surface area contributed by atoms with E-state index in [1.165, 1.54) is 12.1 Å². The van der Waals surface area contributed by atoms with Crippen molar-refractivity contribution in [1.29, 1.82) is 0 Å². The monoisotopic (exact) mass is 695 g/mol. The lowest BCUT2D eigenvalue weighted by molar-refractivity contribution is -0.274. The Morgan fingerprint density at radius 3 is 2.08 bits per heavy atom. The zero-order chi connectivity index (χ0) is 35.1. The molecule has 2 fully saturated rings. The number of carbonyl (C=O) groups is 1. The molecular formula is C36H40F3N5O4S. The quantitative estimate of drug-likeness (QED) is 0.193. The van der Waals surface area contributed by atoms with E-state index >= 15 is 0 Å². The van der Waals surface area contributed by atoms with Crippen LogP contribution in [0.3, 0.4) is 0 Å². The van der Waals surface area contributed by atoms with Crippen LogP contribution in [0.5, 0.6) is 5.75 Å². The van der Waals surface area contributed by atoms with Gasteiger partial charge >= 0.3 is 12.4 Å². The van der Waals surface area contributed by atoms with Crippen LogP contribution in [0.2, 0.25) is 0 Å². The summed E-state index contributed by atoms with van der Waals surface area (Å²) < 4.78 is 71.8. The number of halogens is 3. The first kappa shape index (κ1) is 34.5. The fraction of sp³-hybridized carbons (Fsp3) is 0.389. The van der Waals surface area contributed by atoms with Gasteiger partial charge in [-0.25, -0.2) is 17.9 Å². The number of aryl methyl sites for hydroxylation is 1. The normalized spacial score (nSPS) is 19.9. The number of ether oxygens (including phenoxy) is 1. The Bertz CT molecular complexity index is 1890. The predicted molar refractivity (Wildman–Crippen MR) is 181 cm³/mol. The van der Waals surface area contributed by atoms with Crippen LogP contribution in [0.4, 0.5) is 29.5 Å². The molecule has 2 atom stereocenters. The number of alkyl halides is 3. The van der Waals surface area contributed by atoms with E-state index < -0.39 is 28.2 Å². The Morgan fingerprint density at radius 1 is 0.898 bits per heavy atom. The number of aromatic nitrogens is 2. The Morgan fingerprint density at radius 2 is 1.51 bits per heavy atom. The largest absolute Gasteiger partial charge is 0.573 e. The number of piperidine rings is 1. The molecule has 2 aliphatic heterocycles. The summed E-state index contributed by atoms with van der Waals surface area (Å²) in [6, 6.07) is 21.1. The molecule has 4 aromatic rings. The molecule has 260 valence electrons. The average Bonchev–Trinajstić information content (AvgIpc) is 3.57. The molecule has 3 heterocycles. The topological polar surface area (TPSA) is 106 Å². The first-order valence-corrected chi connectivity index (χ1v) is 17.7. The lowest BCUT2D eigenvalue weighted by atomic mass is 9.87. The van der Waals surface area contributed by atoms with Crippen LogP contribution in [-0.2, 0) is 21.9 Å². The van der Waals surface area contributed by atoms with E-state index in [-0.39, 0.29) is 28.3 Å². The zero-order valence-electron chi connectivity index (χ0n) is 27.8. The van der Waals surface area contributed by atoms with Crippen molar-refractivity contribution in [3.8, 4) is 11.4 Å². The second-order valence-corrected chi connectivity index (χ2v) is 15.8. The predicted octanol–water partition coefficient (Wildman–Crippen LogP) is 8.20. The molecule has 6 rings (SSSR count). The second kappa shape index (κ2) is 13.2. The van der Waals surface area contributed by atoms with Crippen LogP contribution in [0.15, 0.2) is 83.8 Å². The van der Waals surface area contributed by atoms with Gasteiger partial charge in [0.05, 0.1) is 16.3 Å². The van der Waals surface area contributed by atoms with Gasteiger partial charge in [0.15, 0.2) is 0 Å². The smallest absolute Gasteiger partial charge is 0.406 e. The number of nitrogens with zero attached hydrogens (tertiary/aromatic N) is 3. The van der Waals surface area contributed by atoms with Crippen molar-refractivity contribution in [3.05, 3.63) is 95.7 Å². The van der Waals surface area contributed by atoms with Crippen molar-refractivity contribution in [1.82, 2.24) is 14.1 Å². The van der Waals surface area contributed by atoms with Crippen LogP contribution in [-0.4, -0.2) is 47.0 Å². The molecule has 13 heteroatoms. The highest BCUT2D eigenvalue weighted by Gasteiger charge is 2.47. The average molecular weight is 696 g/mol. The lowest BCUT2D eigenvalue weighted by Crippen LogP contribution is -2.46. The van der Waals surface area contributed by atoms with Crippen LogP contribution < -0.4 is 15.4 Å². The zero-order valence-corrected chi connectivity index (χ0v) is 28.6. The number of hydrogen-bond donors (Lipinski definition) is 2. The van der Waals surface area contributed by atoms with E-state index in [0.717, 1.165) is 53.9 Å². The van der Waals surface area contributed by atoms with Crippen molar-refractivity contribution in [2.75, 3.05) is 10.6 Å². The van der Waals surface area contributed by atoms with Gasteiger partial charge in [0.1, 0.15) is 11.6 Å². The molecule has 0 radical (unpaired) electrons. The summed E-state index contributed by atoms with van der Waals surface area (Å²) in [4.78, 5) is 13.0. The van der Waals surface area contributed by atoms with E-state index in [1.807, 2.05) is 61.5 Å². The van der Waals surface area contributed by atoms with Crippen molar-refractivity contribution >= 4 is 27.6 Å². The summed E-state index contributed by atoms with van der Waals surface area (Å²) in [5, 5.41) is 10.6. The summed E-state index contributed by atoms with van der Waals surface area (Å²) in [5.41, 5.74) is 4.31. The van der Waals surface area contributed by atoms with E-state index in [1.54, 1.807) is 8.99 Å². The SMILES string of the molecule is Cc1ccc(-n2nc(C(C)(C)C)cc2NC(=O)Nc2ccc(CC3CC4CCC(C3)N4S(=O)(=O)c3ccc(OC(F)(F)F)cc3)cc2)cc1. The minimum Gasteiger partial charge on any atom is -0.406 e. The number of urea groups is 1. The summed E-state index contributed by atoms with van der Waals surface area (Å²) in [6.45, 7) is 8.22. The molecule has 2 amide bonds. The maximum Gasteiger partial charge on any atom is 0.573 e. The van der Waals surface area contributed by atoms with Gasteiger partial charge in [0.25, 0.3) is 0 Å². The molecule has 2 bridgehead atoms. The standard InChI is InChI=1S/C36H40F3N5O4S/c1-23-5-11-27(12-6-23)43-33(22-32(42-43)35(2,3)4)41-34(45)40-26-9-7-24(8-10-26)19-25-20-28-13-14-29(21-25)44(28)49(46,47)31-17-15-30(16-18-31)48-36(37,38)39/h5-12,15-18,22,25,28-29H,13-14,19-21H2,1-4H3,(H2,40,41,45). The second-order valence-electron chi connectivity index (χ2n) is 14.0. The molecule has 49 heavy (non-hydrogen) atoms. The van der Waals surface area contributed by atoms with Crippen LogP contribution in [0.25, 0.3) is 5.69 Å². The van der Waals surface area contributed by atoms with E-state index in [2.05, 4.69) is 36.1 Å². The molecule has 9 nitrogen and oxygen atoms in total. The van der Waals surface area contributed by atoms with Gasteiger partial charge in [-0.3, -0.25) is 5.32 Å². The number of fused-ring (bicyclic) bond motifs is 2. The van der Waals surface area contributed by atoms with Crippen molar-refractivity contribution in [3.63, 3.8) is 0 Å².